The van der Waals surface area contributed by atoms with Crippen molar-refractivity contribution in [3.8, 4) is 6.07 Å². The van der Waals surface area contributed by atoms with Gasteiger partial charge in [0.05, 0.1) is 5.92 Å². The second-order valence-electron chi connectivity index (χ2n) is 6.12. The van der Waals surface area contributed by atoms with E-state index in [0.717, 1.165) is 12.8 Å². The summed E-state index contributed by atoms with van der Waals surface area (Å²) in [5, 5.41) is 8.60. The standard InChI is InChI=1S/C14H19NO2/c1-9(8-15)17-12(16)11-7-10-5-6-14(11,4)13(10,2)3/h10-11H,1,5-7H2,2-4H3/t10?,11?,14-/m1/s1. The number of carbonyl (C=O) groups excluding carboxylic acids is 1. The highest BCUT2D eigenvalue weighted by Crippen LogP contribution is 2.68. The first-order chi connectivity index (χ1) is 7.83. The van der Waals surface area contributed by atoms with Crippen LogP contribution < -0.4 is 0 Å². The number of nitriles is 1. The molecule has 2 aliphatic carbocycles. The van der Waals surface area contributed by atoms with E-state index in [9.17, 15) is 4.79 Å². The van der Waals surface area contributed by atoms with Crippen molar-refractivity contribution in [2.75, 3.05) is 0 Å². The maximum absolute atomic E-state index is 12.1. The molecule has 0 amide bonds. The first-order valence-corrected chi connectivity index (χ1v) is 6.13. The molecule has 0 aromatic heterocycles. The van der Waals surface area contributed by atoms with E-state index in [1.807, 2.05) is 0 Å². The molecule has 3 heteroatoms. The highest BCUT2D eigenvalue weighted by molar-refractivity contribution is 5.76. The second-order valence-corrected chi connectivity index (χ2v) is 6.12. The minimum atomic E-state index is -0.269. The van der Waals surface area contributed by atoms with Crippen LogP contribution in [-0.2, 0) is 9.53 Å². The molecule has 2 fully saturated rings. The monoisotopic (exact) mass is 233 g/mol. The van der Waals surface area contributed by atoms with Crippen molar-refractivity contribution < 1.29 is 9.53 Å². The summed E-state index contributed by atoms with van der Waals surface area (Å²) in [5.41, 5.74) is 0.190. The van der Waals surface area contributed by atoms with Gasteiger partial charge in [0.25, 0.3) is 0 Å². The van der Waals surface area contributed by atoms with Crippen LogP contribution in [0.25, 0.3) is 0 Å². The molecule has 17 heavy (non-hydrogen) atoms. The molecule has 92 valence electrons. The van der Waals surface area contributed by atoms with Gasteiger partial charge in [0.1, 0.15) is 6.07 Å². The molecule has 0 saturated heterocycles. The van der Waals surface area contributed by atoms with Crippen molar-refractivity contribution in [1.29, 1.82) is 5.26 Å². The number of ether oxygens (including phenoxy) is 1. The molecular formula is C14H19NO2. The predicted octanol–water partition coefficient (Wildman–Crippen LogP) is 3.03. The van der Waals surface area contributed by atoms with Gasteiger partial charge in [0.15, 0.2) is 5.76 Å². The summed E-state index contributed by atoms with van der Waals surface area (Å²) < 4.78 is 5.00. The lowest BCUT2D eigenvalue weighted by molar-refractivity contribution is -0.149. The summed E-state index contributed by atoms with van der Waals surface area (Å²) in [6, 6.07) is 1.76. The van der Waals surface area contributed by atoms with E-state index in [1.165, 1.54) is 6.42 Å². The third kappa shape index (κ3) is 1.50. The maximum atomic E-state index is 12.1. The van der Waals surface area contributed by atoms with E-state index >= 15 is 0 Å². The number of hydrogen-bond donors (Lipinski definition) is 0. The molecule has 0 aliphatic heterocycles. The lowest BCUT2D eigenvalue weighted by Gasteiger charge is -2.37. The van der Waals surface area contributed by atoms with Gasteiger partial charge in [0, 0.05) is 0 Å². The van der Waals surface area contributed by atoms with Crippen LogP contribution >= 0.6 is 0 Å². The van der Waals surface area contributed by atoms with Crippen LogP contribution in [0, 0.1) is 34.0 Å². The number of fused-ring (bicyclic) bond motifs is 2. The van der Waals surface area contributed by atoms with Gasteiger partial charge in [-0.15, -0.1) is 0 Å². The van der Waals surface area contributed by atoms with E-state index in [-0.39, 0.29) is 28.5 Å². The Morgan fingerprint density at radius 2 is 2.12 bits per heavy atom. The summed E-state index contributed by atoms with van der Waals surface area (Å²) in [6.45, 7) is 10.1. The zero-order chi connectivity index (χ0) is 12.8. The van der Waals surface area contributed by atoms with Crippen molar-refractivity contribution >= 4 is 5.97 Å². The molecule has 0 heterocycles. The van der Waals surface area contributed by atoms with E-state index < -0.39 is 0 Å². The molecule has 2 unspecified atom stereocenters. The first kappa shape index (κ1) is 12.2. The molecule has 0 aromatic carbocycles. The van der Waals surface area contributed by atoms with Gasteiger partial charge in [-0.05, 0) is 42.6 Å². The highest BCUT2D eigenvalue weighted by Gasteiger charge is 2.63. The van der Waals surface area contributed by atoms with Crippen molar-refractivity contribution in [3.05, 3.63) is 12.3 Å². The topological polar surface area (TPSA) is 50.1 Å². The lowest BCUT2D eigenvalue weighted by atomic mass is 9.67. The van der Waals surface area contributed by atoms with Crippen LogP contribution in [0.1, 0.15) is 40.0 Å². The fourth-order valence-electron chi connectivity index (χ4n) is 3.78. The van der Waals surface area contributed by atoms with E-state index in [0.29, 0.717) is 5.92 Å². The second kappa shape index (κ2) is 3.60. The van der Waals surface area contributed by atoms with Gasteiger partial charge in [0.2, 0.25) is 0 Å². The Bertz CT molecular complexity index is 418. The minimum absolute atomic E-state index is 0.00445. The summed E-state index contributed by atoms with van der Waals surface area (Å²) in [7, 11) is 0. The lowest BCUT2D eigenvalue weighted by Crippen LogP contribution is -2.36. The smallest absolute Gasteiger partial charge is 0.315 e. The Morgan fingerprint density at radius 3 is 2.53 bits per heavy atom. The summed E-state index contributed by atoms with van der Waals surface area (Å²) in [5.74, 6) is 0.148. The molecule has 3 atom stereocenters. The largest absolute Gasteiger partial charge is 0.415 e. The molecule has 0 N–H and O–H groups in total. The average molecular weight is 233 g/mol. The van der Waals surface area contributed by atoms with E-state index in [2.05, 4.69) is 27.4 Å². The maximum Gasteiger partial charge on any atom is 0.315 e. The van der Waals surface area contributed by atoms with Crippen molar-refractivity contribution in [2.45, 2.75) is 40.0 Å². The average Bonchev–Trinajstić information content (AvgIpc) is 2.60. The zero-order valence-electron chi connectivity index (χ0n) is 10.7. The number of carbonyl (C=O) groups is 1. The van der Waals surface area contributed by atoms with Gasteiger partial charge in [-0.2, -0.15) is 5.26 Å². The molecular weight excluding hydrogens is 214 g/mol. The summed E-state index contributed by atoms with van der Waals surface area (Å²) >= 11 is 0. The van der Waals surface area contributed by atoms with Crippen LogP contribution in [0.2, 0.25) is 0 Å². The molecule has 0 aromatic rings. The molecule has 0 spiro atoms. The molecule has 2 rings (SSSR count). The minimum Gasteiger partial charge on any atom is -0.415 e. The number of hydrogen-bond acceptors (Lipinski definition) is 3. The SMILES string of the molecule is C=C(C#N)OC(=O)C1CC2CC[C@@]1(C)C2(C)C. The van der Waals surface area contributed by atoms with Gasteiger partial charge in [-0.1, -0.05) is 20.8 Å². The first-order valence-electron chi connectivity index (χ1n) is 6.13. The van der Waals surface area contributed by atoms with Gasteiger partial charge < -0.3 is 4.74 Å². The van der Waals surface area contributed by atoms with Crippen LogP contribution in [0.15, 0.2) is 12.3 Å². The normalized spacial score (nSPS) is 37.5. The number of nitrogens with zero attached hydrogens (tertiary/aromatic N) is 1. The number of rotatable bonds is 2. The Hall–Kier alpha value is -1.30. The number of esters is 1. The van der Waals surface area contributed by atoms with Gasteiger partial charge in [-0.3, -0.25) is 4.79 Å². The van der Waals surface area contributed by atoms with Crippen LogP contribution in [0.5, 0.6) is 0 Å². The Labute approximate surface area is 102 Å². The fraction of sp³-hybridized carbons (Fsp3) is 0.714. The molecule has 2 aliphatic rings. The Balaban J connectivity index is 2.19. The van der Waals surface area contributed by atoms with Crippen molar-refractivity contribution in [3.63, 3.8) is 0 Å². The van der Waals surface area contributed by atoms with E-state index in [4.69, 9.17) is 10.00 Å². The zero-order valence-corrected chi connectivity index (χ0v) is 10.7. The van der Waals surface area contributed by atoms with Gasteiger partial charge >= 0.3 is 5.97 Å². The molecule has 3 nitrogen and oxygen atoms in total. The summed E-state index contributed by atoms with van der Waals surface area (Å²) in [4.78, 5) is 12.1. The molecule has 2 bridgehead atoms. The fourth-order valence-corrected chi connectivity index (χ4v) is 3.78. The third-order valence-electron chi connectivity index (χ3n) is 5.43. The van der Waals surface area contributed by atoms with Crippen molar-refractivity contribution in [1.82, 2.24) is 0 Å². The Kier molecular flexibility index (Phi) is 2.57. The number of allylic oxidation sites excluding steroid dienone is 1. The predicted molar refractivity (Wildman–Crippen MR) is 63.6 cm³/mol. The third-order valence-corrected chi connectivity index (χ3v) is 5.43. The molecule has 0 radical (unpaired) electrons. The van der Waals surface area contributed by atoms with E-state index in [1.54, 1.807) is 6.07 Å². The molecule has 2 saturated carbocycles. The summed E-state index contributed by atoms with van der Waals surface area (Å²) in [6.07, 6.45) is 3.16. The van der Waals surface area contributed by atoms with Crippen molar-refractivity contribution in [2.24, 2.45) is 22.7 Å². The Morgan fingerprint density at radius 1 is 1.47 bits per heavy atom. The van der Waals surface area contributed by atoms with Gasteiger partial charge in [-0.25, -0.2) is 0 Å². The van der Waals surface area contributed by atoms with Crippen LogP contribution in [-0.4, -0.2) is 5.97 Å². The van der Waals surface area contributed by atoms with Crippen LogP contribution in [0.4, 0.5) is 0 Å². The quantitative estimate of drug-likeness (QED) is 0.418. The van der Waals surface area contributed by atoms with Crippen LogP contribution in [0.3, 0.4) is 0 Å². The highest BCUT2D eigenvalue weighted by atomic mass is 16.5.